The minimum atomic E-state index is 0.395. The number of nitrogens with zero attached hydrogens (tertiary/aromatic N) is 2. The van der Waals surface area contributed by atoms with Crippen molar-refractivity contribution in [1.82, 2.24) is 15.2 Å². The third-order valence-corrected chi connectivity index (χ3v) is 4.44. The average Bonchev–Trinajstić information content (AvgIpc) is 2.87. The van der Waals surface area contributed by atoms with Crippen LogP contribution < -0.4 is 11.3 Å². The van der Waals surface area contributed by atoms with Crippen molar-refractivity contribution in [3.63, 3.8) is 0 Å². The summed E-state index contributed by atoms with van der Waals surface area (Å²) in [5.74, 6) is 6.53. The lowest BCUT2D eigenvalue weighted by Crippen LogP contribution is -2.43. The molecule has 4 nitrogen and oxygen atoms in total. The van der Waals surface area contributed by atoms with Gasteiger partial charge in [-0.1, -0.05) is 26.2 Å². The third kappa shape index (κ3) is 3.57. The summed E-state index contributed by atoms with van der Waals surface area (Å²) in [5, 5.41) is 4.63. The van der Waals surface area contributed by atoms with E-state index in [1.54, 1.807) is 0 Å². The normalized spacial score (nSPS) is 18.7. The highest BCUT2D eigenvalue weighted by Gasteiger charge is 2.24. The molecule has 0 aromatic carbocycles. The number of hydrazine groups is 1. The highest BCUT2D eigenvalue weighted by molar-refractivity contribution is 5.12. The van der Waals surface area contributed by atoms with Crippen molar-refractivity contribution < 1.29 is 0 Å². The Morgan fingerprint density at radius 1 is 1.37 bits per heavy atom. The first-order valence-electron chi connectivity index (χ1n) is 7.80. The van der Waals surface area contributed by atoms with Crippen LogP contribution in [-0.4, -0.2) is 15.8 Å². The molecule has 4 heteroatoms. The van der Waals surface area contributed by atoms with Gasteiger partial charge in [0, 0.05) is 24.7 Å². The Labute approximate surface area is 116 Å². The van der Waals surface area contributed by atoms with E-state index in [-0.39, 0.29) is 0 Å². The van der Waals surface area contributed by atoms with Crippen LogP contribution in [0, 0.1) is 5.92 Å². The molecule has 1 unspecified atom stereocenters. The van der Waals surface area contributed by atoms with Crippen LogP contribution in [0.4, 0.5) is 0 Å². The van der Waals surface area contributed by atoms with Crippen LogP contribution in [0.15, 0.2) is 6.07 Å². The predicted octanol–water partition coefficient (Wildman–Crippen LogP) is 2.42. The van der Waals surface area contributed by atoms with Crippen molar-refractivity contribution in [2.45, 2.75) is 71.4 Å². The first-order valence-corrected chi connectivity index (χ1v) is 7.80. The topological polar surface area (TPSA) is 55.9 Å². The van der Waals surface area contributed by atoms with Gasteiger partial charge in [0.05, 0.1) is 5.69 Å². The molecule has 1 heterocycles. The molecule has 1 aromatic heterocycles. The number of aryl methyl sites for hydroxylation is 2. The summed E-state index contributed by atoms with van der Waals surface area (Å²) in [6.45, 7) is 5.25. The Morgan fingerprint density at radius 2 is 2.11 bits per heavy atom. The van der Waals surface area contributed by atoms with Gasteiger partial charge in [-0.2, -0.15) is 5.10 Å². The first-order chi connectivity index (χ1) is 9.28. The van der Waals surface area contributed by atoms with E-state index in [0.29, 0.717) is 6.04 Å². The van der Waals surface area contributed by atoms with Crippen LogP contribution in [0.5, 0.6) is 0 Å². The molecule has 0 spiro atoms. The van der Waals surface area contributed by atoms with Crippen LogP contribution in [0.25, 0.3) is 0 Å². The van der Waals surface area contributed by atoms with Crippen molar-refractivity contribution in [3.8, 4) is 0 Å². The molecule has 1 atom stereocenters. The van der Waals surface area contributed by atoms with Crippen LogP contribution in [0.2, 0.25) is 0 Å². The number of nitrogens with one attached hydrogen (secondary N) is 1. The molecule has 1 aliphatic carbocycles. The van der Waals surface area contributed by atoms with Crippen molar-refractivity contribution in [1.29, 1.82) is 0 Å². The van der Waals surface area contributed by atoms with E-state index in [4.69, 9.17) is 5.84 Å². The maximum absolute atomic E-state index is 5.80. The minimum absolute atomic E-state index is 0.395. The molecule has 1 fully saturated rings. The van der Waals surface area contributed by atoms with Crippen molar-refractivity contribution >= 4 is 0 Å². The quantitative estimate of drug-likeness (QED) is 0.613. The summed E-state index contributed by atoms with van der Waals surface area (Å²) in [4.78, 5) is 0. The smallest absolute Gasteiger partial charge is 0.0624 e. The number of rotatable bonds is 6. The van der Waals surface area contributed by atoms with Gasteiger partial charge in [0.2, 0.25) is 0 Å². The fraction of sp³-hybridized carbons (Fsp3) is 0.800. The molecule has 0 saturated heterocycles. The molecule has 0 bridgehead atoms. The van der Waals surface area contributed by atoms with E-state index < -0.39 is 0 Å². The zero-order valence-electron chi connectivity index (χ0n) is 12.4. The molecule has 3 N–H and O–H groups in total. The van der Waals surface area contributed by atoms with Gasteiger partial charge in [-0.3, -0.25) is 16.0 Å². The lowest BCUT2D eigenvalue weighted by molar-refractivity contribution is 0.265. The summed E-state index contributed by atoms with van der Waals surface area (Å²) in [7, 11) is 0. The minimum Gasteiger partial charge on any atom is -0.271 e. The van der Waals surface area contributed by atoms with Crippen LogP contribution >= 0.6 is 0 Å². The highest BCUT2D eigenvalue weighted by atomic mass is 15.3. The van der Waals surface area contributed by atoms with Gasteiger partial charge in [-0.05, 0) is 38.2 Å². The summed E-state index contributed by atoms with van der Waals surface area (Å²) < 4.78 is 2.13. The Hall–Kier alpha value is -0.870. The SMILES string of the molecule is CCc1cc(CC(NN)C2CCCCC2)n(CC)n1. The fourth-order valence-electron chi connectivity index (χ4n) is 3.25. The molecule has 0 radical (unpaired) electrons. The summed E-state index contributed by atoms with van der Waals surface area (Å²) in [6, 6.07) is 2.64. The largest absolute Gasteiger partial charge is 0.271 e. The molecule has 0 amide bonds. The Bertz CT molecular complexity index is 379. The van der Waals surface area contributed by atoms with E-state index in [1.807, 2.05) is 0 Å². The van der Waals surface area contributed by atoms with E-state index in [1.165, 1.54) is 43.5 Å². The van der Waals surface area contributed by atoms with E-state index in [9.17, 15) is 0 Å². The number of aromatic nitrogens is 2. The van der Waals surface area contributed by atoms with Crippen molar-refractivity contribution in [2.24, 2.45) is 11.8 Å². The standard InChI is InChI=1S/C15H28N4/c1-3-13-10-14(19(4-2)18-13)11-15(17-16)12-8-6-5-7-9-12/h10,12,15,17H,3-9,11,16H2,1-2H3. The van der Waals surface area contributed by atoms with E-state index >= 15 is 0 Å². The molecular weight excluding hydrogens is 236 g/mol. The average molecular weight is 264 g/mol. The maximum atomic E-state index is 5.80. The van der Waals surface area contributed by atoms with Crippen LogP contribution in [-0.2, 0) is 19.4 Å². The monoisotopic (exact) mass is 264 g/mol. The number of hydrogen-bond acceptors (Lipinski definition) is 3. The van der Waals surface area contributed by atoms with Crippen molar-refractivity contribution in [2.75, 3.05) is 0 Å². The zero-order valence-corrected chi connectivity index (χ0v) is 12.4. The van der Waals surface area contributed by atoms with Gasteiger partial charge in [0.1, 0.15) is 0 Å². The summed E-state index contributed by atoms with van der Waals surface area (Å²) in [6.07, 6.45) is 8.74. The molecule has 108 valence electrons. The second-order valence-electron chi connectivity index (χ2n) is 5.67. The van der Waals surface area contributed by atoms with Crippen molar-refractivity contribution in [3.05, 3.63) is 17.5 Å². The Kier molecular flexibility index (Phi) is 5.40. The molecule has 1 aromatic rings. The first kappa shape index (κ1) is 14.5. The Balaban J connectivity index is 2.06. The summed E-state index contributed by atoms with van der Waals surface area (Å²) in [5.41, 5.74) is 5.58. The fourth-order valence-corrected chi connectivity index (χ4v) is 3.25. The van der Waals surface area contributed by atoms with Gasteiger partial charge >= 0.3 is 0 Å². The van der Waals surface area contributed by atoms with E-state index in [0.717, 1.165) is 25.3 Å². The second kappa shape index (κ2) is 7.06. The maximum Gasteiger partial charge on any atom is 0.0624 e. The number of nitrogens with two attached hydrogens (primary N) is 1. The lowest BCUT2D eigenvalue weighted by Gasteiger charge is -2.29. The molecular formula is C15H28N4. The molecule has 1 saturated carbocycles. The van der Waals surface area contributed by atoms with Gasteiger partial charge in [-0.15, -0.1) is 0 Å². The van der Waals surface area contributed by atoms with Gasteiger partial charge in [0.15, 0.2) is 0 Å². The second-order valence-corrected chi connectivity index (χ2v) is 5.67. The van der Waals surface area contributed by atoms with Gasteiger partial charge < -0.3 is 0 Å². The Morgan fingerprint density at radius 3 is 2.68 bits per heavy atom. The molecule has 0 aliphatic heterocycles. The van der Waals surface area contributed by atoms with Gasteiger partial charge in [-0.25, -0.2) is 0 Å². The lowest BCUT2D eigenvalue weighted by atomic mass is 9.82. The van der Waals surface area contributed by atoms with Crippen LogP contribution in [0.3, 0.4) is 0 Å². The number of hydrogen-bond donors (Lipinski definition) is 2. The third-order valence-electron chi connectivity index (χ3n) is 4.44. The van der Waals surface area contributed by atoms with Gasteiger partial charge in [0.25, 0.3) is 0 Å². The predicted molar refractivity (Wildman–Crippen MR) is 78.7 cm³/mol. The molecule has 2 rings (SSSR count). The summed E-state index contributed by atoms with van der Waals surface area (Å²) >= 11 is 0. The van der Waals surface area contributed by atoms with E-state index in [2.05, 4.69) is 35.1 Å². The van der Waals surface area contributed by atoms with Crippen LogP contribution in [0.1, 0.15) is 57.3 Å². The highest BCUT2D eigenvalue weighted by Crippen LogP contribution is 2.27. The molecule has 1 aliphatic rings. The molecule has 19 heavy (non-hydrogen) atoms. The zero-order chi connectivity index (χ0) is 13.7.